The van der Waals surface area contributed by atoms with E-state index < -0.39 is 0 Å². The zero-order chi connectivity index (χ0) is 10.8. The van der Waals surface area contributed by atoms with E-state index in [1.165, 1.54) is 23.5 Å². The second kappa shape index (κ2) is 4.24. The number of anilines is 1. The first-order valence-electron chi connectivity index (χ1n) is 4.17. The summed E-state index contributed by atoms with van der Waals surface area (Å²) in [6.07, 6.45) is 0.607. The Morgan fingerprint density at radius 2 is 2.20 bits per heavy atom. The first kappa shape index (κ1) is 10.5. The highest BCUT2D eigenvalue weighted by molar-refractivity contribution is 9.10. The summed E-state index contributed by atoms with van der Waals surface area (Å²) in [5.74, 6) is -0.262. The first-order chi connectivity index (χ1) is 7.15. The number of hydrogen-bond donors (Lipinski definition) is 1. The maximum absolute atomic E-state index is 12.8. The fraction of sp³-hybridized carbons (Fsp3) is 0.111. The Balaban J connectivity index is 2.24. The predicted octanol–water partition coefficient (Wildman–Crippen LogP) is 2.61. The predicted molar refractivity (Wildman–Crippen MR) is 61.2 cm³/mol. The molecule has 1 aromatic carbocycles. The molecule has 0 fully saturated rings. The van der Waals surface area contributed by atoms with E-state index in [4.69, 9.17) is 5.73 Å². The molecule has 2 rings (SSSR count). The van der Waals surface area contributed by atoms with Crippen molar-refractivity contribution in [1.29, 1.82) is 0 Å². The normalized spacial score (nSPS) is 10.5. The third-order valence-corrected chi connectivity index (χ3v) is 3.33. The average Bonchev–Trinajstić information content (AvgIpc) is 2.56. The van der Waals surface area contributed by atoms with Gasteiger partial charge in [-0.15, -0.1) is 10.2 Å². The van der Waals surface area contributed by atoms with Crippen LogP contribution in [0.25, 0.3) is 0 Å². The molecule has 0 aliphatic carbocycles. The second-order valence-electron chi connectivity index (χ2n) is 2.95. The highest BCUT2D eigenvalue weighted by atomic mass is 79.9. The van der Waals surface area contributed by atoms with Crippen molar-refractivity contribution in [3.63, 3.8) is 0 Å². The van der Waals surface area contributed by atoms with Gasteiger partial charge in [0.2, 0.25) is 5.13 Å². The molecular formula is C9H7BrFN3S. The SMILES string of the molecule is Nc1nnc(Cc2ccc(F)cc2Br)s1. The van der Waals surface area contributed by atoms with Gasteiger partial charge in [-0.3, -0.25) is 0 Å². The number of halogens is 2. The molecule has 0 bridgehead atoms. The molecule has 0 spiro atoms. The minimum Gasteiger partial charge on any atom is -0.374 e. The maximum Gasteiger partial charge on any atom is 0.203 e. The monoisotopic (exact) mass is 287 g/mol. The molecular weight excluding hydrogens is 281 g/mol. The van der Waals surface area contributed by atoms with Crippen LogP contribution >= 0.6 is 27.3 Å². The summed E-state index contributed by atoms with van der Waals surface area (Å²) in [7, 11) is 0. The van der Waals surface area contributed by atoms with E-state index in [-0.39, 0.29) is 5.82 Å². The van der Waals surface area contributed by atoms with Crippen molar-refractivity contribution >= 4 is 32.4 Å². The highest BCUT2D eigenvalue weighted by Crippen LogP contribution is 2.22. The summed E-state index contributed by atoms with van der Waals surface area (Å²) in [5, 5.41) is 8.89. The van der Waals surface area contributed by atoms with Crippen LogP contribution < -0.4 is 5.73 Å². The van der Waals surface area contributed by atoms with Crippen LogP contribution in [0.15, 0.2) is 22.7 Å². The quantitative estimate of drug-likeness (QED) is 0.924. The minimum atomic E-state index is -0.262. The van der Waals surface area contributed by atoms with Gasteiger partial charge in [0, 0.05) is 10.9 Å². The number of nitrogen functional groups attached to an aromatic ring is 1. The Morgan fingerprint density at radius 3 is 2.80 bits per heavy atom. The van der Waals surface area contributed by atoms with Crippen LogP contribution in [0.4, 0.5) is 9.52 Å². The summed E-state index contributed by atoms with van der Waals surface area (Å²) in [4.78, 5) is 0. The summed E-state index contributed by atoms with van der Waals surface area (Å²) >= 11 is 4.63. The molecule has 0 aliphatic heterocycles. The van der Waals surface area contributed by atoms with Crippen molar-refractivity contribution in [2.24, 2.45) is 0 Å². The Kier molecular flexibility index (Phi) is 2.97. The summed E-state index contributed by atoms with van der Waals surface area (Å²) in [6, 6.07) is 4.57. The van der Waals surface area contributed by atoms with E-state index in [1.807, 2.05) is 0 Å². The van der Waals surface area contributed by atoms with E-state index in [0.717, 1.165) is 15.0 Å². The summed E-state index contributed by atoms with van der Waals surface area (Å²) in [6.45, 7) is 0. The van der Waals surface area contributed by atoms with Crippen molar-refractivity contribution in [2.45, 2.75) is 6.42 Å². The van der Waals surface area contributed by atoms with Crippen LogP contribution in [-0.2, 0) is 6.42 Å². The molecule has 0 unspecified atom stereocenters. The minimum absolute atomic E-state index is 0.262. The lowest BCUT2D eigenvalue weighted by atomic mass is 10.1. The van der Waals surface area contributed by atoms with Crippen LogP contribution in [0.1, 0.15) is 10.6 Å². The van der Waals surface area contributed by atoms with E-state index in [9.17, 15) is 4.39 Å². The van der Waals surface area contributed by atoms with Crippen molar-refractivity contribution < 1.29 is 4.39 Å². The topological polar surface area (TPSA) is 51.8 Å². The van der Waals surface area contributed by atoms with Crippen LogP contribution in [0.3, 0.4) is 0 Å². The molecule has 78 valence electrons. The molecule has 0 amide bonds. The third-order valence-electron chi connectivity index (χ3n) is 1.84. The molecule has 6 heteroatoms. The van der Waals surface area contributed by atoms with Gasteiger partial charge in [0.1, 0.15) is 10.8 Å². The van der Waals surface area contributed by atoms with Gasteiger partial charge in [0.05, 0.1) is 0 Å². The third kappa shape index (κ3) is 2.51. The van der Waals surface area contributed by atoms with Gasteiger partial charge in [-0.2, -0.15) is 0 Å². The number of benzene rings is 1. The van der Waals surface area contributed by atoms with Gasteiger partial charge in [0.15, 0.2) is 0 Å². The van der Waals surface area contributed by atoms with E-state index in [1.54, 1.807) is 6.07 Å². The van der Waals surface area contributed by atoms with Crippen LogP contribution in [-0.4, -0.2) is 10.2 Å². The van der Waals surface area contributed by atoms with Gasteiger partial charge in [-0.05, 0) is 17.7 Å². The van der Waals surface area contributed by atoms with Gasteiger partial charge >= 0.3 is 0 Å². The first-order valence-corrected chi connectivity index (χ1v) is 5.78. The number of rotatable bonds is 2. The van der Waals surface area contributed by atoms with Crippen molar-refractivity contribution in [1.82, 2.24) is 10.2 Å². The number of nitrogens with zero attached hydrogens (tertiary/aromatic N) is 2. The summed E-state index contributed by atoms with van der Waals surface area (Å²) < 4.78 is 13.5. The molecule has 0 aliphatic rings. The van der Waals surface area contributed by atoms with Crippen molar-refractivity contribution in [2.75, 3.05) is 5.73 Å². The van der Waals surface area contributed by atoms with Crippen molar-refractivity contribution in [3.05, 3.63) is 39.1 Å². The lowest BCUT2D eigenvalue weighted by Gasteiger charge is -2.00. The largest absolute Gasteiger partial charge is 0.374 e. The number of hydrogen-bond acceptors (Lipinski definition) is 4. The Hall–Kier alpha value is -1.01. The summed E-state index contributed by atoms with van der Waals surface area (Å²) in [5.41, 5.74) is 6.43. The standard InChI is InChI=1S/C9H7BrFN3S/c10-7-4-6(11)2-1-5(7)3-8-13-14-9(12)15-8/h1-2,4H,3H2,(H2,12,14). The molecule has 0 radical (unpaired) electrons. The van der Waals surface area contributed by atoms with Crippen LogP contribution in [0, 0.1) is 5.82 Å². The van der Waals surface area contributed by atoms with E-state index >= 15 is 0 Å². The Bertz CT molecular complexity index is 486. The zero-order valence-corrected chi connectivity index (χ0v) is 9.98. The number of aromatic nitrogens is 2. The molecule has 15 heavy (non-hydrogen) atoms. The van der Waals surface area contributed by atoms with E-state index in [2.05, 4.69) is 26.1 Å². The lowest BCUT2D eigenvalue weighted by Crippen LogP contribution is -1.90. The molecule has 1 heterocycles. The van der Waals surface area contributed by atoms with Gasteiger partial charge in [-0.25, -0.2) is 4.39 Å². The van der Waals surface area contributed by atoms with Gasteiger partial charge < -0.3 is 5.73 Å². The molecule has 2 aromatic rings. The van der Waals surface area contributed by atoms with Crippen LogP contribution in [0.5, 0.6) is 0 Å². The molecule has 0 atom stereocenters. The molecule has 0 saturated carbocycles. The van der Waals surface area contributed by atoms with Gasteiger partial charge in [-0.1, -0.05) is 33.3 Å². The molecule has 0 saturated heterocycles. The smallest absolute Gasteiger partial charge is 0.203 e. The lowest BCUT2D eigenvalue weighted by molar-refractivity contribution is 0.626. The Labute approximate surface area is 98.3 Å². The van der Waals surface area contributed by atoms with E-state index in [0.29, 0.717) is 11.6 Å². The zero-order valence-electron chi connectivity index (χ0n) is 7.58. The van der Waals surface area contributed by atoms with Crippen molar-refractivity contribution in [3.8, 4) is 0 Å². The number of nitrogens with two attached hydrogens (primary N) is 1. The molecule has 3 nitrogen and oxygen atoms in total. The van der Waals surface area contributed by atoms with Crippen LogP contribution in [0.2, 0.25) is 0 Å². The second-order valence-corrected chi connectivity index (χ2v) is 4.89. The maximum atomic E-state index is 12.8. The molecule has 2 N–H and O–H groups in total. The highest BCUT2D eigenvalue weighted by Gasteiger charge is 2.06. The Morgan fingerprint density at radius 1 is 1.40 bits per heavy atom. The molecule has 1 aromatic heterocycles. The van der Waals surface area contributed by atoms with Gasteiger partial charge in [0.25, 0.3) is 0 Å². The average molecular weight is 288 g/mol. The fourth-order valence-corrected chi connectivity index (χ4v) is 2.29. The fourth-order valence-electron chi connectivity index (χ4n) is 1.17.